The van der Waals surface area contributed by atoms with Gasteiger partial charge in [0, 0.05) is 13.0 Å². The topological polar surface area (TPSA) is 34.4 Å². The summed E-state index contributed by atoms with van der Waals surface area (Å²) in [4.78, 5) is 0. The largest absolute Gasteiger partial charge is 0.462 e. The summed E-state index contributed by atoms with van der Waals surface area (Å²) >= 11 is 0. The smallest absolute Gasteiger partial charge is 0.129 e. The minimum absolute atomic E-state index is 0.219. The first-order valence-electron chi connectivity index (χ1n) is 7.66. The lowest BCUT2D eigenvalue weighted by Gasteiger charge is -2.31. The molecule has 0 saturated carbocycles. The highest BCUT2D eigenvalue weighted by Gasteiger charge is 2.29. The van der Waals surface area contributed by atoms with Gasteiger partial charge in [0.15, 0.2) is 0 Å². The van der Waals surface area contributed by atoms with Gasteiger partial charge in [-0.15, -0.1) is 0 Å². The van der Waals surface area contributed by atoms with Crippen molar-refractivity contribution in [1.29, 1.82) is 0 Å². The normalized spacial score (nSPS) is 19.2. The van der Waals surface area contributed by atoms with E-state index >= 15 is 0 Å². The Labute approximate surface area is 126 Å². The van der Waals surface area contributed by atoms with Crippen LogP contribution in [0, 0.1) is 0 Å². The standard InChI is InChI=1S/C18H23NO2/c1-19-18(17-11-10-14(21-17)12-20-2)16-9-5-7-13-6-3-4-8-15(13)16/h3-4,6,8,10-11,16,18-19H,5,7,9,12H2,1-2H3. The predicted molar refractivity (Wildman–Crippen MR) is 83.3 cm³/mol. The molecule has 2 atom stereocenters. The van der Waals surface area contributed by atoms with E-state index in [0.29, 0.717) is 12.5 Å². The number of rotatable bonds is 5. The SMILES string of the molecule is CNC(c1ccc(COC)o1)C1CCCc2ccccc21. The molecule has 1 aliphatic carbocycles. The number of likely N-dealkylation sites (N-methyl/N-ethyl adjacent to an activating group) is 1. The monoisotopic (exact) mass is 285 g/mol. The second kappa shape index (κ2) is 6.46. The molecule has 1 aromatic carbocycles. The zero-order valence-corrected chi connectivity index (χ0v) is 12.8. The quantitative estimate of drug-likeness (QED) is 0.907. The molecule has 0 saturated heterocycles. The van der Waals surface area contributed by atoms with Crippen molar-refractivity contribution < 1.29 is 9.15 Å². The molecule has 3 rings (SSSR count). The Morgan fingerprint density at radius 3 is 2.95 bits per heavy atom. The van der Waals surface area contributed by atoms with Gasteiger partial charge < -0.3 is 14.5 Å². The van der Waals surface area contributed by atoms with Crippen LogP contribution in [0.15, 0.2) is 40.8 Å². The summed E-state index contributed by atoms with van der Waals surface area (Å²) in [6.45, 7) is 0.525. The minimum Gasteiger partial charge on any atom is -0.462 e. The molecule has 1 heterocycles. The number of furan rings is 1. The number of hydrogen-bond acceptors (Lipinski definition) is 3. The molecule has 3 nitrogen and oxygen atoms in total. The van der Waals surface area contributed by atoms with E-state index in [0.717, 1.165) is 11.5 Å². The Morgan fingerprint density at radius 1 is 1.29 bits per heavy atom. The van der Waals surface area contributed by atoms with Crippen molar-refractivity contribution in [3.63, 3.8) is 0 Å². The third kappa shape index (κ3) is 2.89. The van der Waals surface area contributed by atoms with Gasteiger partial charge in [-0.05, 0) is 49.6 Å². The van der Waals surface area contributed by atoms with Crippen molar-refractivity contribution in [3.05, 3.63) is 59.0 Å². The van der Waals surface area contributed by atoms with Gasteiger partial charge in [-0.3, -0.25) is 0 Å². The van der Waals surface area contributed by atoms with Crippen molar-refractivity contribution in [1.82, 2.24) is 5.32 Å². The number of ether oxygens (including phenoxy) is 1. The van der Waals surface area contributed by atoms with E-state index in [1.165, 1.54) is 30.4 Å². The highest BCUT2D eigenvalue weighted by atomic mass is 16.5. The van der Waals surface area contributed by atoms with Crippen LogP contribution in [0.4, 0.5) is 0 Å². The van der Waals surface area contributed by atoms with Gasteiger partial charge in [0.1, 0.15) is 18.1 Å². The zero-order chi connectivity index (χ0) is 14.7. The molecule has 0 bridgehead atoms. The lowest BCUT2D eigenvalue weighted by atomic mass is 9.78. The Hall–Kier alpha value is -1.58. The molecule has 112 valence electrons. The Bertz CT molecular complexity index is 590. The molecule has 0 fully saturated rings. The summed E-state index contributed by atoms with van der Waals surface area (Å²) < 4.78 is 11.1. The average Bonchev–Trinajstić information content (AvgIpc) is 2.97. The molecule has 2 unspecified atom stereocenters. The van der Waals surface area contributed by atoms with Crippen LogP contribution in [0.5, 0.6) is 0 Å². The van der Waals surface area contributed by atoms with Crippen molar-refractivity contribution in [2.45, 2.75) is 37.8 Å². The van der Waals surface area contributed by atoms with Crippen LogP contribution in [-0.4, -0.2) is 14.2 Å². The second-order valence-corrected chi connectivity index (χ2v) is 5.70. The van der Waals surface area contributed by atoms with Crippen LogP contribution in [-0.2, 0) is 17.8 Å². The van der Waals surface area contributed by atoms with Gasteiger partial charge in [0.25, 0.3) is 0 Å². The number of nitrogens with one attached hydrogen (secondary N) is 1. The number of aryl methyl sites for hydroxylation is 1. The van der Waals surface area contributed by atoms with E-state index < -0.39 is 0 Å². The molecule has 0 radical (unpaired) electrons. The summed E-state index contributed by atoms with van der Waals surface area (Å²) in [7, 11) is 3.70. The summed E-state index contributed by atoms with van der Waals surface area (Å²) in [5, 5.41) is 3.45. The Balaban J connectivity index is 1.89. The van der Waals surface area contributed by atoms with E-state index in [2.05, 4.69) is 35.6 Å². The number of fused-ring (bicyclic) bond motifs is 1. The lowest BCUT2D eigenvalue weighted by Crippen LogP contribution is -2.26. The first-order valence-corrected chi connectivity index (χ1v) is 7.66. The van der Waals surface area contributed by atoms with Crippen LogP contribution in [0.1, 0.15) is 47.4 Å². The minimum atomic E-state index is 0.219. The van der Waals surface area contributed by atoms with E-state index in [1.807, 2.05) is 13.1 Å². The maximum atomic E-state index is 5.96. The Morgan fingerprint density at radius 2 is 2.14 bits per heavy atom. The van der Waals surface area contributed by atoms with Crippen molar-refractivity contribution in [2.24, 2.45) is 0 Å². The van der Waals surface area contributed by atoms with Gasteiger partial charge in [-0.2, -0.15) is 0 Å². The van der Waals surface area contributed by atoms with Crippen LogP contribution in [0.3, 0.4) is 0 Å². The van der Waals surface area contributed by atoms with E-state index in [1.54, 1.807) is 7.11 Å². The fraction of sp³-hybridized carbons (Fsp3) is 0.444. The average molecular weight is 285 g/mol. The summed E-state index contributed by atoms with van der Waals surface area (Å²) in [5.41, 5.74) is 2.95. The van der Waals surface area contributed by atoms with E-state index in [9.17, 15) is 0 Å². The highest BCUT2D eigenvalue weighted by molar-refractivity contribution is 5.35. The molecule has 21 heavy (non-hydrogen) atoms. The summed E-state index contributed by atoms with van der Waals surface area (Å²) in [5.74, 6) is 2.37. The molecule has 0 amide bonds. The fourth-order valence-electron chi connectivity index (χ4n) is 3.46. The third-order valence-electron chi connectivity index (χ3n) is 4.40. The molecule has 0 aliphatic heterocycles. The van der Waals surface area contributed by atoms with Gasteiger partial charge in [-0.1, -0.05) is 24.3 Å². The summed E-state index contributed by atoms with van der Waals surface area (Å²) in [6, 6.07) is 13.1. The number of methoxy groups -OCH3 is 1. The molecular formula is C18H23NO2. The van der Waals surface area contributed by atoms with Gasteiger partial charge >= 0.3 is 0 Å². The van der Waals surface area contributed by atoms with Crippen LogP contribution >= 0.6 is 0 Å². The van der Waals surface area contributed by atoms with Crippen molar-refractivity contribution in [3.8, 4) is 0 Å². The second-order valence-electron chi connectivity index (χ2n) is 5.70. The summed E-state index contributed by atoms with van der Waals surface area (Å²) in [6.07, 6.45) is 3.63. The van der Waals surface area contributed by atoms with Gasteiger partial charge in [-0.25, -0.2) is 0 Å². The third-order valence-corrected chi connectivity index (χ3v) is 4.40. The molecule has 1 aromatic heterocycles. The first kappa shape index (κ1) is 14.4. The molecule has 0 spiro atoms. The molecule has 1 aliphatic rings. The maximum Gasteiger partial charge on any atom is 0.129 e. The lowest BCUT2D eigenvalue weighted by molar-refractivity contribution is 0.160. The van der Waals surface area contributed by atoms with E-state index in [4.69, 9.17) is 9.15 Å². The molecular weight excluding hydrogens is 262 g/mol. The molecule has 3 heteroatoms. The molecule has 2 aromatic rings. The van der Waals surface area contributed by atoms with E-state index in [-0.39, 0.29) is 6.04 Å². The highest BCUT2D eigenvalue weighted by Crippen LogP contribution is 2.40. The zero-order valence-electron chi connectivity index (χ0n) is 12.8. The van der Waals surface area contributed by atoms with Crippen LogP contribution in [0.25, 0.3) is 0 Å². The Kier molecular flexibility index (Phi) is 4.42. The van der Waals surface area contributed by atoms with Gasteiger partial charge in [0.2, 0.25) is 0 Å². The maximum absolute atomic E-state index is 5.96. The van der Waals surface area contributed by atoms with Crippen LogP contribution in [0.2, 0.25) is 0 Å². The predicted octanol–water partition coefficient (Wildman–Crippen LogP) is 3.81. The van der Waals surface area contributed by atoms with Crippen molar-refractivity contribution in [2.75, 3.05) is 14.2 Å². The fourth-order valence-corrected chi connectivity index (χ4v) is 3.46. The van der Waals surface area contributed by atoms with Gasteiger partial charge in [0.05, 0.1) is 6.04 Å². The number of benzene rings is 1. The first-order chi connectivity index (χ1) is 10.3. The van der Waals surface area contributed by atoms with Crippen LogP contribution < -0.4 is 5.32 Å². The molecule has 1 N–H and O–H groups in total. The number of hydrogen-bond donors (Lipinski definition) is 1. The van der Waals surface area contributed by atoms with Crippen molar-refractivity contribution >= 4 is 0 Å².